The minimum absolute atomic E-state index is 0.00521. The fraction of sp³-hybridized carbons (Fsp3) is 1.00. The summed E-state index contributed by atoms with van der Waals surface area (Å²) in [5.41, 5.74) is 5.11. The van der Waals surface area contributed by atoms with Gasteiger partial charge in [-0.2, -0.15) is 0 Å². The molecule has 0 atom stereocenters. The average Bonchev–Trinajstić information content (AvgIpc) is 2.81. The highest BCUT2D eigenvalue weighted by molar-refractivity contribution is 7.89. The third-order valence-corrected chi connectivity index (χ3v) is 3.62. The molecule has 0 aromatic carbocycles. The van der Waals surface area contributed by atoms with Crippen LogP contribution in [-0.2, 0) is 14.8 Å². The van der Waals surface area contributed by atoms with E-state index in [1.165, 1.54) is 7.11 Å². The van der Waals surface area contributed by atoms with Crippen LogP contribution in [-0.4, -0.2) is 40.0 Å². The molecule has 0 heterocycles. The van der Waals surface area contributed by atoms with E-state index in [1.807, 2.05) is 0 Å². The van der Waals surface area contributed by atoms with Crippen molar-refractivity contribution >= 4 is 10.0 Å². The van der Waals surface area contributed by atoms with Crippen LogP contribution in [0.4, 0.5) is 0 Å². The molecule has 0 aliphatic heterocycles. The molecule has 1 aliphatic carbocycles. The number of nitrogens with one attached hydrogen (secondary N) is 1. The summed E-state index contributed by atoms with van der Waals surface area (Å²) in [6.45, 7) is 0.592. The monoisotopic (exact) mass is 208 g/mol. The Hall–Kier alpha value is -0.170. The van der Waals surface area contributed by atoms with E-state index in [0.717, 1.165) is 12.8 Å². The van der Waals surface area contributed by atoms with Gasteiger partial charge in [0.2, 0.25) is 10.0 Å². The summed E-state index contributed by atoms with van der Waals surface area (Å²) in [5, 5.41) is 0. The number of ether oxygens (including phenoxy) is 1. The third-order valence-electron chi connectivity index (χ3n) is 2.17. The van der Waals surface area contributed by atoms with Crippen LogP contribution in [0, 0.1) is 0 Å². The molecule has 13 heavy (non-hydrogen) atoms. The van der Waals surface area contributed by atoms with Crippen LogP contribution >= 0.6 is 0 Å². The second-order valence-corrected chi connectivity index (χ2v) is 5.24. The van der Waals surface area contributed by atoms with Gasteiger partial charge < -0.3 is 10.5 Å². The molecule has 0 aromatic rings. The lowest BCUT2D eigenvalue weighted by molar-refractivity contribution is 0.216. The summed E-state index contributed by atoms with van der Waals surface area (Å²) in [7, 11) is -1.73. The van der Waals surface area contributed by atoms with Crippen molar-refractivity contribution in [3.05, 3.63) is 0 Å². The van der Waals surface area contributed by atoms with Gasteiger partial charge in [0.1, 0.15) is 0 Å². The van der Waals surface area contributed by atoms with E-state index in [9.17, 15) is 8.42 Å². The molecule has 5 nitrogen and oxygen atoms in total. The molecule has 1 aliphatic rings. The zero-order chi connectivity index (χ0) is 9.95. The largest absolute Gasteiger partial charge is 0.384 e. The summed E-state index contributed by atoms with van der Waals surface area (Å²) in [6.07, 6.45) is 1.69. The standard InChI is InChI=1S/C7H16N2O3S/c1-12-4-5-13(10,11)9-7(6-8)2-3-7/h9H,2-6,8H2,1H3. The van der Waals surface area contributed by atoms with Crippen molar-refractivity contribution in [3.63, 3.8) is 0 Å². The molecule has 3 N–H and O–H groups in total. The Morgan fingerprint density at radius 1 is 1.54 bits per heavy atom. The molecule has 6 heteroatoms. The summed E-state index contributed by atoms with van der Waals surface area (Å²) >= 11 is 0. The Bertz CT molecular complexity index is 259. The van der Waals surface area contributed by atoms with Crippen LogP contribution in [0.1, 0.15) is 12.8 Å². The molecule has 0 aromatic heterocycles. The van der Waals surface area contributed by atoms with Crippen LogP contribution in [0.25, 0.3) is 0 Å². The molecule has 0 amide bonds. The van der Waals surface area contributed by atoms with Crippen LogP contribution in [0.15, 0.2) is 0 Å². The zero-order valence-corrected chi connectivity index (χ0v) is 8.56. The lowest BCUT2D eigenvalue weighted by atomic mass is 10.3. The molecule has 0 unspecified atom stereocenters. The highest BCUT2D eigenvalue weighted by atomic mass is 32.2. The fourth-order valence-electron chi connectivity index (χ4n) is 1.07. The highest BCUT2D eigenvalue weighted by Crippen LogP contribution is 2.34. The minimum atomic E-state index is -3.21. The van der Waals surface area contributed by atoms with Crippen LogP contribution in [0.2, 0.25) is 0 Å². The summed E-state index contributed by atoms with van der Waals surface area (Å²) in [5.74, 6) is 0.00521. The average molecular weight is 208 g/mol. The number of hydrogen-bond donors (Lipinski definition) is 2. The van der Waals surface area contributed by atoms with Gasteiger partial charge in [-0.25, -0.2) is 13.1 Å². The summed E-state index contributed by atoms with van der Waals surface area (Å²) < 4.78 is 30.0. The normalized spacial score (nSPS) is 20.2. The van der Waals surface area contributed by atoms with E-state index in [2.05, 4.69) is 4.72 Å². The molecule has 78 valence electrons. The Morgan fingerprint density at radius 3 is 2.54 bits per heavy atom. The van der Waals surface area contributed by atoms with Gasteiger partial charge in [0.15, 0.2) is 0 Å². The maximum atomic E-state index is 11.4. The van der Waals surface area contributed by atoms with Gasteiger partial charge in [0, 0.05) is 19.2 Å². The second kappa shape index (κ2) is 3.91. The first-order valence-electron chi connectivity index (χ1n) is 4.24. The Labute approximate surface area is 78.7 Å². The fourth-order valence-corrected chi connectivity index (χ4v) is 2.51. The summed E-state index contributed by atoms with van der Waals surface area (Å²) in [4.78, 5) is 0. The molecule has 0 saturated heterocycles. The van der Waals surface area contributed by atoms with Crippen LogP contribution < -0.4 is 10.5 Å². The van der Waals surface area contributed by atoms with Gasteiger partial charge in [-0.15, -0.1) is 0 Å². The van der Waals surface area contributed by atoms with Crippen molar-refractivity contribution in [1.82, 2.24) is 4.72 Å². The predicted molar refractivity (Wildman–Crippen MR) is 49.8 cm³/mol. The van der Waals surface area contributed by atoms with E-state index in [1.54, 1.807) is 0 Å². The molecule has 0 radical (unpaired) electrons. The highest BCUT2D eigenvalue weighted by Gasteiger charge is 2.44. The Morgan fingerprint density at radius 2 is 2.15 bits per heavy atom. The maximum Gasteiger partial charge on any atom is 0.214 e. The SMILES string of the molecule is COCCS(=O)(=O)NC1(CN)CC1. The van der Waals surface area contributed by atoms with Crippen molar-refractivity contribution in [2.24, 2.45) is 5.73 Å². The quantitative estimate of drug-likeness (QED) is 0.589. The second-order valence-electron chi connectivity index (χ2n) is 3.40. The van der Waals surface area contributed by atoms with Crippen molar-refractivity contribution in [1.29, 1.82) is 0 Å². The van der Waals surface area contributed by atoms with Gasteiger partial charge in [-0.05, 0) is 12.8 Å². The summed E-state index contributed by atoms with van der Waals surface area (Å²) in [6, 6.07) is 0. The Kier molecular flexibility index (Phi) is 3.28. The molecule has 1 rings (SSSR count). The number of hydrogen-bond acceptors (Lipinski definition) is 4. The maximum absolute atomic E-state index is 11.4. The third kappa shape index (κ3) is 3.22. The zero-order valence-electron chi connectivity index (χ0n) is 7.75. The van der Waals surface area contributed by atoms with E-state index < -0.39 is 10.0 Å². The lowest BCUT2D eigenvalue weighted by Gasteiger charge is -2.14. The van der Waals surface area contributed by atoms with E-state index >= 15 is 0 Å². The number of methoxy groups -OCH3 is 1. The van der Waals surface area contributed by atoms with Crippen molar-refractivity contribution in [3.8, 4) is 0 Å². The van der Waals surface area contributed by atoms with Gasteiger partial charge in [-0.3, -0.25) is 0 Å². The first kappa shape index (κ1) is 10.9. The van der Waals surface area contributed by atoms with Gasteiger partial charge >= 0.3 is 0 Å². The molecular formula is C7H16N2O3S. The van der Waals surface area contributed by atoms with Crippen molar-refractivity contribution in [2.75, 3.05) is 26.0 Å². The van der Waals surface area contributed by atoms with E-state index in [-0.39, 0.29) is 17.9 Å². The molecular weight excluding hydrogens is 192 g/mol. The number of nitrogens with two attached hydrogens (primary N) is 1. The topological polar surface area (TPSA) is 81.4 Å². The first-order valence-corrected chi connectivity index (χ1v) is 5.89. The number of sulfonamides is 1. The Balaban J connectivity index is 2.43. The molecule has 1 saturated carbocycles. The van der Waals surface area contributed by atoms with Gasteiger partial charge in [0.25, 0.3) is 0 Å². The van der Waals surface area contributed by atoms with E-state index in [0.29, 0.717) is 6.54 Å². The minimum Gasteiger partial charge on any atom is -0.384 e. The van der Waals surface area contributed by atoms with E-state index in [4.69, 9.17) is 10.5 Å². The lowest BCUT2D eigenvalue weighted by Crippen LogP contribution is -2.43. The van der Waals surface area contributed by atoms with Gasteiger partial charge in [0.05, 0.1) is 12.4 Å². The number of rotatable bonds is 6. The van der Waals surface area contributed by atoms with Gasteiger partial charge in [-0.1, -0.05) is 0 Å². The molecule has 0 bridgehead atoms. The van der Waals surface area contributed by atoms with Crippen LogP contribution in [0.3, 0.4) is 0 Å². The van der Waals surface area contributed by atoms with Crippen LogP contribution in [0.5, 0.6) is 0 Å². The molecule has 0 spiro atoms. The predicted octanol–water partition coefficient (Wildman–Crippen LogP) is -0.956. The first-order chi connectivity index (χ1) is 6.04. The van der Waals surface area contributed by atoms with Crippen molar-refractivity contribution in [2.45, 2.75) is 18.4 Å². The smallest absolute Gasteiger partial charge is 0.214 e. The molecule has 1 fully saturated rings. The van der Waals surface area contributed by atoms with Crippen molar-refractivity contribution < 1.29 is 13.2 Å².